The van der Waals surface area contributed by atoms with Crippen LogP contribution in [0.5, 0.6) is 0 Å². The van der Waals surface area contributed by atoms with Crippen molar-refractivity contribution in [2.24, 2.45) is 5.73 Å². The van der Waals surface area contributed by atoms with Crippen LogP contribution >= 0.6 is 7.82 Å². The zero-order chi connectivity index (χ0) is 58.7. The smallest absolute Gasteiger partial charge is 0.462 e. The second-order valence-corrected chi connectivity index (χ2v) is 22.3. The highest BCUT2D eigenvalue weighted by atomic mass is 31.2. The van der Waals surface area contributed by atoms with Gasteiger partial charge in [0.1, 0.15) is 6.61 Å². The van der Waals surface area contributed by atoms with E-state index in [0.29, 0.717) is 12.8 Å². The fraction of sp³-hybridized carbons (Fsp3) is 0.634. The number of hydrogen-bond donors (Lipinski definition) is 2. The number of carbonyl (C=O) groups is 2. The van der Waals surface area contributed by atoms with Crippen molar-refractivity contribution in [3.8, 4) is 0 Å². The molecule has 0 fully saturated rings. The topological polar surface area (TPSA) is 134 Å². The van der Waals surface area contributed by atoms with Gasteiger partial charge in [0.05, 0.1) is 13.2 Å². The van der Waals surface area contributed by atoms with E-state index in [0.717, 1.165) is 135 Å². The summed E-state index contributed by atoms with van der Waals surface area (Å²) in [6, 6.07) is 0. The number of phosphoric ester groups is 1. The van der Waals surface area contributed by atoms with E-state index in [1.807, 2.05) is 0 Å². The molecule has 0 radical (unpaired) electrons. The van der Waals surface area contributed by atoms with Crippen molar-refractivity contribution in [1.29, 1.82) is 0 Å². The van der Waals surface area contributed by atoms with Crippen LogP contribution in [-0.4, -0.2) is 49.3 Å². The zero-order valence-electron chi connectivity index (χ0n) is 51.5. The summed E-state index contributed by atoms with van der Waals surface area (Å²) in [5, 5.41) is 0. The van der Waals surface area contributed by atoms with Crippen molar-refractivity contribution in [3.05, 3.63) is 146 Å². The van der Waals surface area contributed by atoms with E-state index in [4.69, 9.17) is 24.3 Å². The number of carbonyl (C=O) groups excluding carboxylic acids is 2. The van der Waals surface area contributed by atoms with Crippen LogP contribution in [0.3, 0.4) is 0 Å². The molecule has 0 heterocycles. The average molecular weight is 1140 g/mol. The largest absolute Gasteiger partial charge is 0.472 e. The highest BCUT2D eigenvalue weighted by molar-refractivity contribution is 7.47. The SMILES string of the molecule is CC/C=C\C/C=C\C/C=C\C/C=C\C/C=C\C/C=C\C/C=C\C/C=C\CCCCCCCCCCCCCCCCCCC(=O)OC(COC(=O)CCCCCCCC/C=C\C/C=C\C/C=C\C/C=C\CC)COP(=O)(O)OCCN. The Hall–Kier alpha value is -4.11. The Morgan fingerprint density at radius 1 is 0.370 bits per heavy atom. The molecule has 0 aromatic rings. The van der Waals surface area contributed by atoms with E-state index in [2.05, 4.69) is 160 Å². The van der Waals surface area contributed by atoms with Gasteiger partial charge in [0, 0.05) is 19.4 Å². The summed E-state index contributed by atoms with van der Waals surface area (Å²) < 4.78 is 33.1. The quantitative estimate of drug-likeness (QED) is 0.0264. The molecule has 9 nitrogen and oxygen atoms in total. The molecule has 0 rings (SSSR count). The van der Waals surface area contributed by atoms with Gasteiger partial charge in [-0.2, -0.15) is 0 Å². The molecule has 0 aliphatic heterocycles. The van der Waals surface area contributed by atoms with Gasteiger partial charge in [-0.15, -0.1) is 0 Å². The van der Waals surface area contributed by atoms with Gasteiger partial charge in [0.25, 0.3) is 0 Å². The highest BCUT2D eigenvalue weighted by Gasteiger charge is 2.26. The fourth-order valence-electron chi connectivity index (χ4n) is 8.53. The Balaban J connectivity index is 3.90. The van der Waals surface area contributed by atoms with Crippen molar-refractivity contribution in [1.82, 2.24) is 0 Å². The predicted octanol–water partition coefficient (Wildman–Crippen LogP) is 21.1. The van der Waals surface area contributed by atoms with Crippen LogP contribution < -0.4 is 5.73 Å². The van der Waals surface area contributed by atoms with Crippen LogP contribution in [0.1, 0.15) is 258 Å². The Morgan fingerprint density at radius 3 is 0.951 bits per heavy atom. The molecule has 2 unspecified atom stereocenters. The standard InChI is InChI=1S/C71H118NO8P/c1-3-5-7-9-11-13-15-17-19-21-23-24-25-26-27-28-29-30-31-32-33-34-35-36-37-38-39-40-41-42-43-44-46-48-50-52-54-56-58-60-62-64-71(74)80-69(68-79-81(75,76)78-66-65-72)67-77-70(73)63-61-59-57-55-53-51-49-47-45-22-20-18-16-14-12-10-8-6-4-2/h5-8,11-14,17-20,23-24,26-27,29-30,32-33,35-36,45,47,69H,3-4,9-10,15-16,21-22,25,28,31,34,37-44,46,48-68,72H2,1-2H3,(H,75,76)/b7-5-,8-6-,13-11-,14-12-,19-17-,20-18-,24-23-,27-26-,30-29-,33-32-,36-35-,47-45-. The maximum atomic E-state index is 12.7. The van der Waals surface area contributed by atoms with E-state index in [1.54, 1.807) is 0 Å². The number of unbranched alkanes of at least 4 members (excludes halogenated alkanes) is 22. The maximum Gasteiger partial charge on any atom is 0.472 e. The molecule has 0 saturated heterocycles. The van der Waals surface area contributed by atoms with Crippen molar-refractivity contribution in [3.63, 3.8) is 0 Å². The van der Waals surface area contributed by atoms with Crippen molar-refractivity contribution >= 4 is 19.8 Å². The maximum absolute atomic E-state index is 12.7. The number of allylic oxidation sites excluding steroid dienone is 24. The number of phosphoric acid groups is 1. The van der Waals surface area contributed by atoms with Gasteiger partial charge >= 0.3 is 19.8 Å². The minimum atomic E-state index is -4.40. The van der Waals surface area contributed by atoms with E-state index in [1.165, 1.54) is 83.5 Å². The van der Waals surface area contributed by atoms with Crippen molar-refractivity contribution in [2.45, 2.75) is 264 Å². The number of ether oxygens (including phenoxy) is 2. The van der Waals surface area contributed by atoms with Crippen LogP contribution in [0.15, 0.2) is 146 Å². The molecular formula is C71H118NO8P. The minimum absolute atomic E-state index is 0.0456. The second-order valence-electron chi connectivity index (χ2n) is 20.9. The van der Waals surface area contributed by atoms with Crippen LogP contribution in [0.25, 0.3) is 0 Å². The summed E-state index contributed by atoms with van der Waals surface area (Å²) in [5.41, 5.74) is 5.39. The minimum Gasteiger partial charge on any atom is -0.462 e. The van der Waals surface area contributed by atoms with E-state index >= 15 is 0 Å². The molecule has 0 aliphatic carbocycles. The summed E-state index contributed by atoms with van der Waals surface area (Å²) in [7, 11) is -4.40. The monoisotopic (exact) mass is 1140 g/mol. The van der Waals surface area contributed by atoms with E-state index in [-0.39, 0.29) is 32.6 Å². The summed E-state index contributed by atoms with van der Waals surface area (Å²) in [6.45, 7) is 3.50. The average Bonchev–Trinajstić information content (AvgIpc) is 3.46. The molecule has 460 valence electrons. The van der Waals surface area contributed by atoms with Gasteiger partial charge in [-0.25, -0.2) is 4.57 Å². The molecule has 0 amide bonds. The lowest BCUT2D eigenvalue weighted by Gasteiger charge is -2.19. The molecule has 0 bridgehead atoms. The van der Waals surface area contributed by atoms with Crippen LogP contribution in [0, 0.1) is 0 Å². The van der Waals surface area contributed by atoms with Crippen LogP contribution in [-0.2, 0) is 32.7 Å². The number of esters is 2. The highest BCUT2D eigenvalue weighted by Crippen LogP contribution is 2.43. The Morgan fingerprint density at radius 2 is 0.642 bits per heavy atom. The van der Waals surface area contributed by atoms with Crippen molar-refractivity contribution < 1.29 is 37.6 Å². The molecular weight excluding hydrogens is 1030 g/mol. The molecule has 0 saturated carbocycles. The van der Waals surface area contributed by atoms with Gasteiger partial charge in [-0.05, 0) is 116 Å². The van der Waals surface area contributed by atoms with Gasteiger partial charge < -0.3 is 20.1 Å². The van der Waals surface area contributed by atoms with Gasteiger partial charge in [0.2, 0.25) is 0 Å². The zero-order valence-corrected chi connectivity index (χ0v) is 52.4. The third-order valence-corrected chi connectivity index (χ3v) is 14.2. The van der Waals surface area contributed by atoms with E-state index < -0.39 is 32.5 Å². The lowest BCUT2D eigenvalue weighted by atomic mass is 10.0. The summed E-state index contributed by atoms with van der Waals surface area (Å²) in [5.74, 6) is -0.847. The molecule has 3 N–H and O–H groups in total. The third-order valence-electron chi connectivity index (χ3n) is 13.2. The van der Waals surface area contributed by atoms with Gasteiger partial charge in [0.15, 0.2) is 6.10 Å². The normalized spacial score (nSPS) is 14.0. The molecule has 0 aromatic heterocycles. The number of hydrogen-bond acceptors (Lipinski definition) is 8. The Bertz CT molecular complexity index is 1830. The number of nitrogens with two attached hydrogens (primary N) is 1. The van der Waals surface area contributed by atoms with Crippen LogP contribution in [0.4, 0.5) is 0 Å². The first kappa shape index (κ1) is 76.9. The number of rotatable bonds is 59. The molecule has 0 aliphatic rings. The molecule has 0 spiro atoms. The predicted molar refractivity (Wildman–Crippen MR) is 348 cm³/mol. The van der Waals surface area contributed by atoms with Gasteiger partial charge in [-0.1, -0.05) is 275 Å². The Kier molecular flexibility index (Phi) is 61.7. The lowest BCUT2D eigenvalue weighted by Crippen LogP contribution is -2.29. The summed E-state index contributed by atoms with van der Waals surface area (Å²) >= 11 is 0. The first-order valence-electron chi connectivity index (χ1n) is 32.3. The van der Waals surface area contributed by atoms with Crippen LogP contribution in [0.2, 0.25) is 0 Å². The molecule has 10 heteroatoms. The summed E-state index contributed by atoms with van der Waals surface area (Å²) in [6.07, 6.45) is 93.5. The molecule has 0 aromatic carbocycles. The molecule has 2 atom stereocenters. The molecule has 81 heavy (non-hydrogen) atoms. The Labute approximate surface area is 496 Å². The summed E-state index contributed by atoms with van der Waals surface area (Å²) in [4.78, 5) is 35.2. The van der Waals surface area contributed by atoms with Gasteiger partial charge in [-0.3, -0.25) is 18.6 Å². The van der Waals surface area contributed by atoms with Crippen molar-refractivity contribution in [2.75, 3.05) is 26.4 Å². The first-order chi connectivity index (χ1) is 39.8. The fourth-order valence-corrected chi connectivity index (χ4v) is 9.29. The third kappa shape index (κ3) is 64.9. The van der Waals surface area contributed by atoms with E-state index in [9.17, 15) is 19.0 Å². The lowest BCUT2D eigenvalue weighted by molar-refractivity contribution is -0.161. The second kappa shape index (κ2) is 65.0. The first-order valence-corrected chi connectivity index (χ1v) is 33.8.